The van der Waals surface area contributed by atoms with E-state index < -0.39 is 12.0 Å². The van der Waals surface area contributed by atoms with Gasteiger partial charge in [0.2, 0.25) is 0 Å². The maximum Gasteiger partial charge on any atom is 0.326 e. The van der Waals surface area contributed by atoms with Crippen LogP contribution in [0.15, 0.2) is 18.2 Å². The van der Waals surface area contributed by atoms with Gasteiger partial charge in [-0.05, 0) is 24.1 Å². The minimum absolute atomic E-state index is 0.0538. The number of nitrogens with zero attached hydrogens (tertiary/aromatic N) is 1. The Balaban J connectivity index is 2.92. The van der Waals surface area contributed by atoms with E-state index in [1.165, 1.54) is 0 Å². The maximum absolute atomic E-state index is 11.0. The van der Waals surface area contributed by atoms with Crippen molar-refractivity contribution >= 4 is 23.3 Å². The summed E-state index contributed by atoms with van der Waals surface area (Å²) in [6, 6.07) is 6.02. The van der Waals surface area contributed by atoms with Gasteiger partial charge in [0.1, 0.15) is 12.1 Å². The SMILES string of the molecule is CC(C)[C@H](Nc1ccc(C#N)c(Cl)c1)C(=O)O. The van der Waals surface area contributed by atoms with Crippen molar-refractivity contribution in [2.75, 3.05) is 5.32 Å². The van der Waals surface area contributed by atoms with E-state index in [1.807, 2.05) is 19.9 Å². The summed E-state index contributed by atoms with van der Waals surface area (Å²) >= 11 is 5.86. The fraction of sp³-hybridized carbons (Fsp3) is 0.333. The van der Waals surface area contributed by atoms with Crippen molar-refractivity contribution in [3.8, 4) is 6.07 Å². The highest BCUT2D eigenvalue weighted by Gasteiger charge is 2.21. The number of carboxylic acid groups (broad SMARTS) is 1. The predicted octanol–water partition coefficient (Wildman–Crippen LogP) is 2.73. The second-order valence-electron chi connectivity index (χ2n) is 4.01. The lowest BCUT2D eigenvalue weighted by molar-refractivity contribution is -0.138. The van der Waals surface area contributed by atoms with Crippen LogP contribution in [0.25, 0.3) is 0 Å². The molecule has 90 valence electrons. The zero-order valence-corrected chi connectivity index (χ0v) is 10.3. The molecule has 4 nitrogen and oxygen atoms in total. The monoisotopic (exact) mass is 252 g/mol. The average Bonchev–Trinajstić information content (AvgIpc) is 2.25. The molecular weight excluding hydrogens is 240 g/mol. The van der Waals surface area contributed by atoms with Crippen LogP contribution in [0, 0.1) is 17.2 Å². The van der Waals surface area contributed by atoms with E-state index in [-0.39, 0.29) is 5.92 Å². The minimum atomic E-state index is -0.916. The Bertz CT molecular complexity index is 466. The number of anilines is 1. The highest BCUT2D eigenvalue weighted by atomic mass is 35.5. The quantitative estimate of drug-likeness (QED) is 0.864. The Labute approximate surface area is 105 Å². The summed E-state index contributed by atoms with van der Waals surface area (Å²) in [5, 5.41) is 20.9. The topological polar surface area (TPSA) is 73.1 Å². The molecule has 5 heteroatoms. The third-order valence-corrected chi connectivity index (χ3v) is 2.66. The number of halogens is 1. The predicted molar refractivity (Wildman–Crippen MR) is 66.1 cm³/mol. The fourth-order valence-electron chi connectivity index (χ4n) is 1.39. The Kier molecular flexibility index (Phi) is 4.36. The first-order valence-corrected chi connectivity index (χ1v) is 5.52. The van der Waals surface area contributed by atoms with E-state index in [4.69, 9.17) is 22.0 Å². The number of carboxylic acids is 1. The number of aliphatic carboxylic acids is 1. The third-order valence-electron chi connectivity index (χ3n) is 2.34. The van der Waals surface area contributed by atoms with Gasteiger partial charge in [-0.2, -0.15) is 5.26 Å². The number of hydrogen-bond donors (Lipinski definition) is 2. The molecule has 0 radical (unpaired) electrons. The van der Waals surface area contributed by atoms with Gasteiger partial charge in [0, 0.05) is 5.69 Å². The molecule has 1 aromatic carbocycles. The molecule has 0 aromatic heterocycles. The Morgan fingerprint density at radius 3 is 2.59 bits per heavy atom. The molecule has 0 unspecified atom stereocenters. The van der Waals surface area contributed by atoms with Crippen LogP contribution < -0.4 is 5.32 Å². The lowest BCUT2D eigenvalue weighted by Crippen LogP contribution is -2.34. The molecule has 2 N–H and O–H groups in total. The van der Waals surface area contributed by atoms with E-state index in [9.17, 15) is 4.79 Å². The highest BCUT2D eigenvalue weighted by molar-refractivity contribution is 6.32. The summed E-state index contributed by atoms with van der Waals surface area (Å²) in [6.07, 6.45) is 0. The molecule has 0 bridgehead atoms. The molecular formula is C12H13ClN2O2. The summed E-state index contributed by atoms with van der Waals surface area (Å²) in [7, 11) is 0. The standard InChI is InChI=1S/C12H13ClN2O2/c1-7(2)11(12(16)17)15-9-4-3-8(6-14)10(13)5-9/h3-5,7,11,15H,1-2H3,(H,16,17)/t11-/m0/s1. The van der Waals surface area contributed by atoms with Crippen LogP contribution in [0.2, 0.25) is 5.02 Å². The van der Waals surface area contributed by atoms with Crippen LogP contribution in [-0.2, 0) is 4.79 Å². The van der Waals surface area contributed by atoms with Crippen LogP contribution in [0.3, 0.4) is 0 Å². The zero-order chi connectivity index (χ0) is 13.0. The molecule has 0 spiro atoms. The van der Waals surface area contributed by atoms with Crippen LogP contribution in [0.5, 0.6) is 0 Å². The van der Waals surface area contributed by atoms with Crippen molar-refractivity contribution in [2.24, 2.45) is 5.92 Å². The van der Waals surface area contributed by atoms with Crippen molar-refractivity contribution in [1.29, 1.82) is 5.26 Å². The minimum Gasteiger partial charge on any atom is -0.480 e. The van der Waals surface area contributed by atoms with Gasteiger partial charge in [-0.15, -0.1) is 0 Å². The molecule has 0 saturated heterocycles. The van der Waals surface area contributed by atoms with Gasteiger partial charge in [0.25, 0.3) is 0 Å². The number of hydrogen-bond acceptors (Lipinski definition) is 3. The van der Waals surface area contributed by atoms with E-state index in [2.05, 4.69) is 5.32 Å². The smallest absolute Gasteiger partial charge is 0.326 e. The van der Waals surface area contributed by atoms with Crippen molar-refractivity contribution < 1.29 is 9.90 Å². The largest absolute Gasteiger partial charge is 0.480 e. The second-order valence-corrected chi connectivity index (χ2v) is 4.42. The number of benzene rings is 1. The van der Waals surface area contributed by atoms with E-state index in [0.29, 0.717) is 16.3 Å². The van der Waals surface area contributed by atoms with Gasteiger partial charge >= 0.3 is 5.97 Å². The molecule has 1 aromatic rings. The van der Waals surface area contributed by atoms with Crippen LogP contribution >= 0.6 is 11.6 Å². The zero-order valence-electron chi connectivity index (χ0n) is 9.57. The summed E-state index contributed by atoms with van der Waals surface area (Å²) in [4.78, 5) is 11.0. The fourth-order valence-corrected chi connectivity index (χ4v) is 1.61. The van der Waals surface area contributed by atoms with E-state index in [0.717, 1.165) is 0 Å². The highest BCUT2D eigenvalue weighted by Crippen LogP contribution is 2.21. The summed E-state index contributed by atoms with van der Waals surface area (Å²) in [6.45, 7) is 3.63. The van der Waals surface area contributed by atoms with E-state index >= 15 is 0 Å². The summed E-state index contributed by atoms with van der Waals surface area (Å²) in [5.41, 5.74) is 0.962. The van der Waals surface area contributed by atoms with Gasteiger partial charge in [-0.25, -0.2) is 4.79 Å². The molecule has 0 amide bonds. The summed E-state index contributed by atoms with van der Waals surface area (Å²) < 4.78 is 0. The Hall–Kier alpha value is -1.73. The van der Waals surface area contributed by atoms with Crippen molar-refractivity contribution in [3.63, 3.8) is 0 Å². The Morgan fingerprint density at radius 1 is 1.53 bits per heavy atom. The normalized spacial score (nSPS) is 11.9. The van der Waals surface area contributed by atoms with Crippen molar-refractivity contribution in [2.45, 2.75) is 19.9 Å². The number of rotatable bonds is 4. The molecule has 0 heterocycles. The van der Waals surface area contributed by atoms with Gasteiger partial charge in [-0.1, -0.05) is 25.4 Å². The molecule has 17 heavy (non-hydrogen) atoms. The first-order chi connectivity index (χ1) is 7.95. The lowest BCUT2D eigenvalue weighted by Gasteiger charge is -2.19. The van der Waals surface area contributed by atoms with Gasteiger partial charge in [-0.3, -0.25) is 0 Å². The molecule has 0 saturated carbocycles. The molecule has 0 aliphatic heterocycles. The Morgan fingerprint density at radius 2 is 2.18 bits per heavy atom. The van der Waals surface area contributed by atoms with E-state index in [1.54, 1.807) is 18.2 Å². The van der Waals surface area contributed by atoms with Crippen LogP contribution in [-0.4, -0.2) is 17.1 Å². The number of nitrogens with one attached hydrogen (secondary N) is 1. The maximum atomic E-state index is 11.0. The van der Waals surface area contributed by atoms with Gasteiger partial charge < -0.3 is 10.4 Å². The van der Waals surface area contributed by atoms with Crippen molar-refractivity contribution in [1.82, 2.24) is 0 Å². The average molecular weight is 253 g/mol. The third kappa shape index (κ3) is 3.36. The van der Waals surface area contributed by atoms with Gasteiger partial charge in [0.15, 0.2) is 0 Å². The number of nitriles is 1. The molecule has 0 aliphatic carbocycles. The number of carbonyl (C=O) groups is 1. The molecule has 0 fully saturated rings. The summed E-state index contributed by atoms with van der Waals surface area (Å²) in [5.74, 6) is -0.970. The van der Waals surface area contributed by atoms with Gasteiger partial charge in [0.05, 0.1) is 10.6 Å². The first kappa shape index (κ1) is 13.3. The van der Waals surface area contributed by atoms with Crippen LogP contribution in [0.4, 0.5) is 5.69 Å². The lowest BCUT2D eigenvalue weighted by atomic mass is 10.0. The van der Waals surface area contributed by atoms with Crippen LogP contribution in [0.1, 0.15) is 19.4 Å². The molecule has 0 aliphatic rings. The molecule has 1 atom stereocenters. The first-order valence-electron chi connectivity index (χ1n) is 5.14. The van der Waals surface area contributed by atoms with Crippen molar-refractivity contribution in [3.05, 3.63) is 28.8 Å². The second kappa shape index (κ2) is 5.55. The molecule has 1 rings (SSSR count).